The van der Waals surface area contributed by atoms with E-state index in [-0.39, 0.29) is 38.1 Å². The van der Waals surface area contributed by atoms with Crippen molar-refractivity contribution in [2.24, 2.45) is 5.92 Å². The quantitative estimate of drug-likeness (QED) is 0.346. The van der Waals surface area contributed by atoms with E-state index in [2.05, 4.69) is 16.0 Å². The first-order valence-corrected chi connectivity index (χ1v) is 16.5. The molecule has 0 saturated carbocycles. The minimum Gasteiger partial charge on any atom is -0.497 e. The van der Waals surface area contributed by atoms with Gasteiger partial charge in [0.15, 0.2) is 11.5 Å². The van der Waals surface area contributed by atoms with Gasteiger partial charge in [-0.25, -0.2) is 0 Å². The lowest BCUT2D eigenvalue weighted by atomic mass is 10.00. The molecule has 3 N–H and O–H groups in total. The van der Waals surface area contributed by atoms with Crippen LogP contribution in [-0.2, 0) is 22.4 Å². The zero-order chi connectivity index (χ0) is 34.9. The molecule has 2 aliphatic heterocycles. The second kappa shape index (κ2) is 16.2. The SMILES string of the molecule is COc1ccc(C[C@@H]2NC(=O)c3ccc(OC)c(c3)CCCNC(=O)CN(C(=O)c3ccc4c(c3)OCO4)C[C@H](CC(C)C)NC2=O)cc1. The van der Waals surface area contributed by atoms with Gasteiger partial charge in [-0.05, 0) is 84.8 Å². The van der Waals surface area contributed by atoms with Crippen LogP contribution in [0, 0.1) is 5.92 Å². The van der Waals surface area contributed by atoms with Crippen LogP contribution in [0.5, 0.6) is 23.0 Å². The van der Waals surface area contributed by atoms with Gasteiger partial charge in [-0.3, -0.25) is 19.2 Å². The summed E-state index contributed by atoms with van der Waals surface area (Å²) in [5, 5.41) is 8.98. The number of aryl methyl sites for hydroxylation is 1. The van der Waals surface area contributed by atoms with Crippen molar-refractivity contribution in [3.05, 3.63) is 82.9 Å². The predicted octanol–water partition coefficient (Wildman–Crippen LogP) is 3.51. The van der Waals surface area contributed by atoms with Gasteiger partial charge in [0.05, 0.1) is 20.8 Å². The van der Waals surface area contributed by atoms with Gasteiger partial charge >= 0.3 is 0 Å². The first-order valence-electron chi connectivity index (χ1n) is 16.5. The predicted molar refractivity (Wildman–Crippen MR) is 182 cm³/mol. The lowest BCUT2D eigenvalue weighted by molar-refractivity contribution is -0.123. The Balaban J connectivity index is 1.48. The number of rotatable bonds is 7. The highest BCUT2D eigenvalue weighted by Gasteiger charge is 2.29. The molecule has 0 aliphatic carbocycles. The third kappa shape index (κ3) is 9.21. The zero-order valence-corrected chi connectivity index (χ0v) is 28.4. The molecule has 4 amide bonds. The highest BCUT2D eigenvalue weighted by Crippen LogP contribution is 2.33. The fourth-order valence-electron chi connectivity index (χ4n) is 6.05. The van der Waals surface area contributed by atoms with Gasteiger partial charge in [0.25, 0.3) is 11.8 Å². The second-order valence-corrected chi connectivity index (χ2v) is 12.6. The molecular weight excluding hydrogens is 628 g/mol. The molecule has 0 aromatic heterocycles. The van der Waals surface area contributed by atoms with Crippen LogP contribution in [-0.4, -0.2) is 81.3 Å². The van der Waals surface area contributed by atoms with E-state index in [1.54, 1.807) is 62.8 Å². The van der Waals surface area contributed by atoms with E-state index in [0.717, 1.165) is 11.1 Å². The van der Waals surface area contributed by atoms with Crippen LogP contribution in [0.25, 0.3) is 0 Å². The summed E-state index contributed by atoms with van der Waals surface area (Å²) in [6.07, 6.45) is 1.82. The normalized spacial score (nSPS) is 18.6. The Morgan fingerprint density at radius 3 is 2.45 bits per heavy atom. The molecule has 3 aromatic rings. The topological polar surface area (TPSA) is 145 Å². The Bertz CT molecular complexity index is 1660. The standard InChI is InChI=1S/C37H44N4O8/c1-23(2)16-28-20-41(37(45)27-10-14-32-33(19-27)49-22-48-32)21-34(42)38-15-5-6-25-18-26(9-13-31(25)47-4)35(43)40-30(36(44)39-28)17-24-7-11-29(46-3)12-8-24/h7-14,18-19,23,28,30H,5-6,15-17,20-22H2,1-4H3,(H,38,42)(H,39,44)(H,40,43)/t28-,30-/m0/s1. The summed E-state index contributed by atoms with van der Waals surface area (Å²) in [7, 11) is 3.14. The van der Waals surface area contributed by atoms with E-state index >= 15 is 0 Å². The van der Waals surface area contributed by atoms with Gasteiger partial charge in [0.1, 0.15) is 17.5 Å². The van der Waals surface area contributed by atoms with Crippen molar-refractivity contribution >= 4 is 23.6 Å². The summed E-state index contributed by atoms with van der Waals surface area (Å²) in [5.41, 5.74) is 2.32. The Labute approximate surface area is 286 Å². The third-order valence-electron chi connectivity index (χ3n) is 8.49. The number of methoxy groups -OCH3 is 2. The average molecular weight is 673 g/mol. The first kappa shape index (κ1) is 35.1. The van der Waals surface area contributed by atoms with Gasteiger partial charge in [0, 0.05) is 36.7 Å². The zero-order valence-electron chi connectivity index (χ0n) is 28.4. The number of fused-ring (bicyclic) bond motifs is 3. The molecule has 12 heteroatoms. The summed E-state index contributed by atoms with van der Waals surface area (Å²) in [5.74, 6) is 0.877. The third-order valence-corrected chi connectivity index (χ3v) is 8.49. The number of carbonyl (C=O) groups excluding carboxylic acids is 4. The number of hydrogen-bond acceptors (Lipinski definition) is 8. The molecular formula is C37H44N4O8. The number of nitrogens with zero attached hydrogens (tertiary/aromatic N) is 1. The van der Waals surface area contributed by atoms with Crippen molar-refractivity contribution in [1.82, 2.24) is 20.9 Å². The lowest BCUT2D eigenvalue weighted by Gasteiger charge is -2.30. The first-order chi connectivity index (χ1) is 23.6. The average Bonchev–Trinajstić information content (AvgIpc) is 3.57. The highest BCUT2D eigenvalue weighted by molar-refractivity contribution is 5.98. The molecule has 2 bridgehead atoms. The van der Waals surface area contributed by atoms with E-state index in [4.69, 9.17) is 18.9 Å². The molecule has 2 atom stereocenters. The summed E-state index contributed by atoms with van der Waals surface area (Å²) < 4.78 is 21.7. The molecule has 49 heavy (non-hydrogen) atoms. The van der Waals surface area contributed by atoms with Crippen LogP contribution in [0.2, 0.25) is 0 Å². The summed E-state index contributed by atoms with van der Waals surface area (Å²) in [4.78, 5) is 56.5. The maximum atomic E-state index is 14.1. The van der Waals surface area contributed by atoms with E-state index in [9.17, 15) is 19.2 Å². The molecule has 0 unspecified atom stereocenters. The number of amides is 4. The number of benzene rings is 3. The van der Waals surface area contributed by atoms with Crippen molar-refractivity contribution in [3.63, 3.8) is 0 Å². The molecule has 0 fully saturated rings. The number of nitrogens with one attached hydrogen (secondary N) is 3. The largest absolute Gasteiger partial charge is 0.497 e. The van der Waals surface area contributed by atoms with Crippen molar-refractivity contribution in [2.75, 3.05) is 40.6 Å². The Hall–Kier alpha value is -5.26. The van der Waals surface area contributed by atoms with E-state index in [1.807, 2.05) is 26.0 Å². The maximum Gasteiger partial charge on any atom is 0.254 e. The number of hydrogen-bond donors (Lipinski definition) is 3. The molecule has 0 spiro atoms. The smallest absolute Gasteiger partial charge is 0.254 e. The van der Waals surface area contributed by atoms with E-state index in [1.165, 1.54) is 4.90 Å². The molecule has 2 aliphatic rings. The van der Waals surface area contributed by atoms with E-state index < -0.39 is 29.8 Å². The van der Waals surface area contributed by atoms with Gasteiger partial charge < -0.3 is 39.8 Å². The van der Waals surface area contributed by atoms with Crippen LogP contribution in [0.1, 0.15) is 58.5 Å². The van der Waals surface area contributed by atoms with Gasteiger partial charge in [-0.1, -0.05) is 26.0 Å². The molecule has 260 valence electrons. The molecule has 5 rings (SSSR count). The molecule has 0 saturated heterocycles. The lowest BCUT2D eigenvalue weighted by Crippen LogP contribution is -2.54. The van der Waals surface area contributed by atoms with Gasteiger partial charge in [-0.15, -0.1) is 0 Å². The second-order valence-electron chi connectivity index (χ2n) is 12.6. The number of carbonyl (C=O) groups is 4. The molecule has 0 radical (unpaired) electrons. The summed E-state index contributed by atoms with van der Waals surface area (Å²) in [6, 6.07) is 15.9. The Morgan fingerprint density at radius 1 is 0.939 bits per heavy atom. The molecule has 12 nitrogen and oxygen atoms in total. The fourth-order valence-corrected chi connectivity index (χ4v) is 6.05. The van der Waals surface area contributed by atoms with Crippen molar-refractivity contribution < 1.29 is 38.1 Å². The summed E-state index contributed by atoms with van der Waals surface area (Å²) >= 11 is 0. The van der Waals surface area contributed by atoms with Crippen molar-refractivity contribution in [2.45, 2.75) is 51.6 Å². The van der Waals surface area contributed by atoms with Crippen molar-refractivity contribution in [1.29, 1.82) is 0 Å². The fraction of sp³-hybridized carbons (Fsp3) is 0.405. The number of ether oxygens (including phenoxy) is 4. The minimum atomic E-state index is -0.946. The van der Waals surface area contributed by atoms with Crippen LogP contribution in [0.15, 0.2) is 60.7 Å². The Morgan fingerprint density at radius 2 is 1.71 bits per heavy atom. The highest BCUT2D eigenvalue weighted by atomic mass is 16.7. The summed E-state index contributed by atoms with van der Waals surface area (Å²) in [6.45, 7) is 4.28. The minimum absolute atomic E-state index is 0.0612. The monoisotopic (exact) mass is 672 g/mol. The van der Waals surface area contributed by atoms with E-state index in [0.29, 0.717) is 59.9 Å². The van der Waals surface area contributed by atoms with Crippen molar-refractivity contribution in [3.8, 4) is 23.0 Å². The maximum absolute atomic E-state index is 14.1. The van der Waals surface area contributed by atoms with Gasteiger partial charge in [0.2, 0.25) is 18.6 Å². The molecule has 2 heterocycles. The van der Waals surface area contributed by atoms with Crippen LogP contribution in [0.4, 0.5) is 0 Å². The van der Waals surface area contributed by atoms with Gasteiger partial charge in [-0.2, -0.15) is 0 Å². The van der Waals surface area contributed by atoms with Crippen LogP contribution < -0.4 is 34.9 Å². The Kier molecular flexibility index (Phi) is 11.6. The van der Waals surface area contributed by atoms with Crippen LogP contribution in [0.3, 0.4) is 0 Å². The molecule has 3 aromatic carbocycles. The van der Waals surface area contributed by atoms with Crippen LogP contribution >= 0.6 is 0 Å².